The lowest BCUT2D eigenvalue weighted by Gasteiger charge is -2.30. The van der Waals surface area contributed by atoms with Crippen molar-refractivity contribution >= 4 is 10.0 Å². The fraction of sp³-hybridized carbons (Fsp3) is 0.455. The van der Waals surface area contributed by atoms with Crippen LogP contribution in [0, 0.1) is 0 Å². The summed E-state index contributed by atoms with van der Waals surface area (Å²) in [6.45, 7) is 0.424. The Kier molecular flexibility index (Phi) is 7.36. The van der Waals surface area contributed by atoms with E-state index in [0.717, 1.165) is 24.8 Å². The zero-order valence-electron chi connectivity index (χ0n) is 18.9. The number of benzene rings is 1. The summed E-state index contributed by atoms with van der Waals surface area (Å²) >= 11 is 0. The van der Waals surface area contributed by atoms with Crippen LogP contribution in [0.15, 0.2) is 47.9 Å². The molecule has 188 valence electrons. The predicted molar refractivity (Wildman–Crippen MR) is 120 cm³/mol. The van der Waals surface area contributed by atoms with Gasteiger partial charge >= 0.3 is 6.18 Å². The first-order valence-corrected chi connectivity index (χ1v) is 12.7. The van der Waals surface area contributed by atoms with Crippen LogP contribution in [0.5, 0.6) is 5.88 Å². The summed E-state index contributed by atoms with van der Waals surface area (Å²) in [5, 5.41) is 15.3. The standard InChI is InChI=1S/C22H25F3N6O3S/c1-2-15-8-16(20-6-7-21(29-28-20)34-12-22(23,24)25)10-19(9-15)35(32,33)30-17-4-3-5-18(11-17)31-13-26-27-14-31/h6-10,13-14,17-18,30H,2-5,11-12H2,1H3. The van der Waals surface area contributed by atoms with Crippen LogP contribution in [0.1, 0.15) is 44.2 Å². The molecule has 0 spiro atoms. The second-order valence-corrected chi connectivity index (χ2v) is 10.1. The van der Waals surface area contributed by atoms with Crippen molar-refractivity contribution in [2.24, 2.45) is 0 Å². The Balaban J connectivity index is 1.52. The van der Waals surface area contributed by atoms with E-state index in [-0.39, 0.29) is 22.9 Å². The maximum Gasteiger partial charge on any atom is 0.422 e. The molecule has 2 atom stereocenters. The Hall–Kier alpha value is -3.06. The number of nitrogens with zero attached hydrogens (tertiary/aromatic N) is 5. The summed E-state index contributed by atoms with van der Waals surface area (Å²) in [5.74, 6) is -0.271. The molecule has 1 saturated carbocycles. The van der Waals surface area contributed by atoms with E-state index < -0.39 is 22.8 Å². The Bertz CT molecular complexity index is 1230. The molecule has 0 radical (unpaired) electrons. The fourth-order valence-electron chi connectivity index (χ4n) is 4.10. The van der Waals surface area contributed by atoms with Crippen LogP contribution < -0.4 is 9.46 Å². The molecule has 4 rings (SSSR count). The average Bonchev–Trinajstić information content (AvgIpc) is 3.37. The van der Waals surface area contributed by atoms with Crippen molar-refractivity contribution in [1.29, 1.82) is 0 Å². The lowest BCUT2D eigenvalue weighted by Crippen LogP contribution is -2.38. The summed E-state index contributed by atoms with van der Waals surface area (Å²) in [7, 11) is -3.84. The van der Waals surface area contributed by atoms with E-state index in [9.17, 15) is 21.6 Å². The van der Waals surface area contributed by atoms with E-state index in [2.05, 4.69) is 29.9 Å². The Labute approximate surface area is 200 Å². The molecule has 1 aliphatic carbocycles. The van der Waals surface area contributed by atoms with E-state index in [4.69, 9.17) is 0 Å². The van der Waals surface area contributed by atoms with Gasteiger partial charge in [-0.05, 0) is 61.9 Å². The molecule has 3 aromatic rings. The molecule has 1 N–H and O–H groups in total. The molecule has 0 saturated heterocycles. The van der Waals surface area contributed by atoms with Crippen molar-refractivity contribution in [2.45, 2.75) is 62.2 Å². The molecule has 2 unspecified atom stereocenters. The number of alkyl halides is 3. The molecule has 1 fully saturated rings. The van der Waals surface area contributed by atoms with Crippen molar-refractivity contribution in [3.63, 3.8) is 0 Å². The minimum Gasteiger partial charge on any atom is -0.467 e. The topological polar surface area (TPSA) is 112 Å². The van der Waals surface area contributed by atoms with Crippen LogP contribution in [-0.2, 0) is 16.4 Å². The van der Waals surface area contributed by atoms with Gasteiger partial charge in [0.25, 0.3) is 0 Å². The third kappa shape index (κ3) is 6.54. The zero-order chi connectivity index (χ0) is 25.1. The van der Waals surface area contributed by atoms with E-state index in [1.807, 2.05) is 11.5 Å². The molecule has 9 nitrogen and oxygen atoms in total. The number of aromatic nitrogens is 5. The van der Waals surface area contributed by atoms with Gasteiger partial charge in [0.05, 0.1) is 10.6 Å². The molecule has 0 bridgehead atoms. The smallest absolute Gasteiger partial charge is 0.422 e. The Morgan fingerprint density at radius 2 is 1.89 bits per heavy atom. The number of hydrogen-bond donors (Lipinski definition) is 1. The lowest BCUT2D eigenvalue weighted by atomic mass is 9.91. The van der Waals surface area contributed by atoms with Crippen LogP contribution in [0.25, 0.3) is 11.3 Å². The van der Waals surface area contributed by atoms with Crippen molar-refractivity contribution in [3.05, 3.63) is 48.5 Å². The van der Waals surface area contributed by atoms with Gasteiger partial charge < -0.3 is 9.30 Å². The summed E-state index contributed by atoms with van der Waals surface area (Å²) in [5.41, 5.74) is 1.58. The van der Waals surface area contributed by atoms with Gasteiger partial charge in [-0.15, -0.1) is 20.4 Å². The number of aryl methyl sites for hydroxylation is 1. The monoisotopic (exact) mass is 510 g/mol. The molecule has 1 aliphatic rings. The molecule has 0 amide bonds. The zero-order valence-corrected chi connectivity index (χ0v) is 19.8. The van der Waals surface area contributed by atoms with Crippen LogP contribution in [-0.4, -0.2) is 52.2 Å². The third-order valence-electron chi connectivity index (χ3n) is 5.83. The van der Waals surface area contributed by atoms with Crippen molar-refractivity contribution in [3.8, 4) is 17.1 Å². The highest BCUT2D eigenvalue weighted by atomic mass is 32.2. The van der Waals surface area contributed by atoms with E-state index >= 15 is 0 Å². The first kappa shape index (κ1) is 25.0. The minimum absolute atomic E-state index is 0.0949. The number of nitrogens with one attached hydrogen (secondary N) is 1. The number of rotatable bonds is 8. The second kappa shape index (κ2) is 10.3. The minimum atomic E-state index is -4.49. The highest BCUT2D eigenvalue weighted by molar-refractivity contribution is 7.89. The Morgan fingerprint density at radius 3 is 2.54 bits per heavy atom. The van der Waals surface area contributed by atoms with Crippen LogP contribution >= 0.6 is 0 Å². The summed E-state index contributed by atoms with van der Waals surface area (Å²) in [6, 6.07) is 7.48. The lowest BCUT2D eigenvalue weighted by molar-refractivity contribution is -0.154. The summed E-state index contributed by atoms with van der Waals surface area (Å²) in [4.78, 5) is 0.0949. The normalized spacial score (nSPS) is 19.0. The maximum atomic E-state index is 13.3. The molecule has 13 heteroatoms. The van der Waals surface area contributed by atoms with Gasteiger partial charge in [0.2, 0.25) is 15.9 Å². The third-order valence-corrected chi connectivity index (χ3v) is 7.33. The Morgan fingerprint density at radius 1 is 1.11 bits per heavy atom. The van der Waals surface area contributed by atoms with E-state index in [1.54, 1.807) is 24.8 Å². The second-order valence-electron chi connectivity index (χ2n) is 8.43. The van der Waals surface area contributed by atoms with Gasteiger partial charge in [0.1, 0.15) is 12.7 Å². The van der Waals surface area contributed by atoms with E-state index in [0.29, 0.717) is 24.1 Å². The average molecular weight is 511 g/mol. The molecular formula is C22H25F3N6O3S. The predicted octanol–water partition coefficient (Wildman–Crippen LogP) is 3.70. The number of ether oxygens (including phenoxy) is 1. The van der Waals surface area contributed by atoms with Gasteiger partial charge in [-0.25, -0.2) is 13.1 Å². The van der Waals surface area contributed by atoms with Crippen molar-refractivity contribution < 1.29 is 26.3 Å². The summed E-state index contributed by atoms with van der Waals surface area (Å²) < 4.78 is 72.9. The van der Waals surface area contributed by atoms with Crippen LogP contribution in [0.3, 0.4) is 0 Å². The number of hydrogen-bond acceptors (Lipinski definition) is 7. The number of sulfonamides is 1. The van der Waals surface area contributed by atoms with Gasteiger partial charge in [-0.2, -0.15) is 13.2 Å². The van der Waals surface area contributed by atoms with Crippen LogP contribution in [0.2, 0.25) is 0 Å². The maximum absolute atomic E-state index is 13.3. The molecule has 2 heterocycles. The first-order valence-electron chi connectivity index (χ1n) is 11.2. The highest BCUT2D eigenvalue weighted by Crippen LogP contribution is 2.30. The summed E-state index contributed by atoms with van der Waals surface area (Å²) in [6.07, 6.45) is 2.51. The fourth-order valence-corrected chi connectivity index (χ4v) is 5.48. The highest BCUT2D eigenvalue weighted by Gasteiger charge is 2.29. The van der Waals surface area contributed by atoms with Crippen molar-refractivity contribution in [1.82, 2.24) is 29.7 Å². The molecular weight excluding hydrogens is 485 g/mol. The largest absolute Gasteiger partial charge is 0.467 e. The SMILES string of the molecule is CCc1cc(-c2ccc(OCC(F)(F)F)nn2)cc(S(=O)(=O)NC2CCCC(n3cnnc3)C2)c1. The number of halogens is 3. The van der Waals surface area contributed by atoms with E-state index in [1.165, 1.54) is 18.2 Å². The van der Waals surface area contributed by atoms with Crippen LogP contribution in [0.4, 0.5) is 13.2 Å². The molecule has 0 aliphatic heterocycles. The molecule has 1 aromatic carbocycles. The van der Waals surface area contributed by atoms with Gasteiger partial charge in [0.15, 0.2) is 6.61 Å². The molecule has 2 aromatic heterocycles. The van der Waals surface area contributed by atoms with Crippen molar-refractivity contribution in [2.75, 3.05) is 6.61 Å². The van der Waals surface area contributed by atoms with Gasteiger partial charge in [0, 0.05) is 23.7 Å². The van der Waals surface area contributed by atoms with Gasteiger partial charge in [-0.3, -0.25) is 0 Å². The van der Waals surface area contributed by atoms with Gasteiger partial charge in [-0.1, -0.05) is 6.92 Å². The quantitative estimate of drug-likeness (QED) is 0.492. The molecule has 35 heavy (non-hydrogen) atoms. The first-order chi connectivity index (χ1) is 16.6.